The fraction of sp³-hybridized carbons (Fsp3) is 0.571. The van der Waals surface area contributed by atoms with Gasteiger partial charge in [0.25, 0.3) is 0 Å². The molecule has 0 N–H and O–H groups in total. The van der Waals surface area contributed by atoms with Gasteiger partial charge in [-0.05, 0) is 27.7 Å². The summed E-state index contributed by atoms with van der Waals surface area (Å²) in [4.78, 5) is 24.0. The quantitative estimate of drug-likeness (QED) is 0.652. The molecule has 6 nitrogen and oxygen atoms in total. The van der Waals surface area contributed by atoms with Gasteiger partial charge in [-0.3, -0.25) is 0 Å². The van der Waals surface area contributed by atoms with Crippen LogP contribution in [0.5, 0.6) is 0 Å². The molecule has 0 aromatic carbocycles. The highest BCUT2D eigenvalue weighted by Gasteiger charge is 2.41. The van der Waals surface area contributed by atoms with Crippen molar-refractivity contribution in [2.45, 2.75) is 52.5 Å². The summed E-state index contributed by atoms with van der Waals surface area (Å²) in [7, 11) is 0. The van der Waals surface area contributed by atoms with Gasteiger partial charge in [0.1, 0.15) is 10.1 Å². The van der Waals surface area contributed by atoms with Crippen LogP contribution in [0.2, 0.25) is 0 Å². The average Bonchev–Trinajstić information content (AvgIpc) is 2.82. The molecule has 2 aliphatic heterocycles. The maximum absolute atomic E-state index is 11.7. The second kappa shape index (κ2) is 7.44. The van der Waals surface area contributed by atoms with Crippen molar-refractivity contribution < 1.29 is 28.5 Å². The molecule has 0 radical (unpaired) electrons. The molecule has 2 heterocycles. The lowest BCUT2D eigenvalue weighted by atomic mass is 10.4. The zero-order chi connectivity index (χ0) is 17.3. The van der Waals surface area contributed by atoms with Crippen molar-refractivity contribution in [3.63, 3.8) is 0 Å². The first-order valence-electron chi connectivity index (χ1n) is 6.90. The molecule has 0 aromatic rings. The minimum absolute atomic E-state index is 0.111. The molecule has 23 heavy (non-hydrogen) atoms. The van der Waals surface area contributed by atoms with Crippen molar-refractivity contribution in [1.29, 1.82) is 0 Å². The minimum atomic E-state index is -0.952. The van der Waals surface area contributed by atoms with Crippen LogP contribution in [0.4, 0.5) is 0 Å². The van der Waals surface area contributed by atoms with Crippen molar-refractivity contribution in [2.75, 3.05) is 0 Å². The number of carbonyl (C=O) groups is 2. The van der Waals surface area contributed by atoms with E-state index in [4.69, 9.17) is 42.1 Å². The second-order valence-corrected chi connectivity index (χ2v) is 7.14. The van der Waals surface area contributed by atoms with E-state index in [0.29, 0.717) is 9.81 Å². The van der Waals surface area contributed by atoms with E-state index in [9.17, 15) is 9.59 Å². The smallest absolute Gasteiger partial charge is 0.353 e. The number of hydrogen-bond donors (Lipinski definition) is 0. The lowest BCUT2D eigenvalue weighted by Gasteiger charge is -2.20. The number of halogens is 2. The molecule has 0 saturated heterocycles. The molecule has 0 amide bonds. The molecule has 0 spiro atoms. The number of cyclic esters (lactones) is 2. The predicted molar refractivity (Wildman–Crippen MR) is 85.6 cm³/mol. The van der Waals surface area contributed by atoms with E-state index in [1.807, 2.05) is 0 Å². The SMILES string of the molecule is CC(C)OC1OC(=O)C(Cl)=C1SC1=C(Cl)C(=O)OC1OC(C)C. The molecule has 2 unspecified atom stereocenters. The van der Waals surface area contributed by atoms with Crippen molar-refractivity contribution in [1.82, 2.24) is 0 Å². The number of esters is 2. The summed E-state index contributed by atoms with van der Waals surface area (Å²) in [5, 5.41) is -0.222. The van der Waals surface area contributed by atoms with Gasteiger partial charge in [0.05, 0.1) is 22.0 Å². The van der Waals surface area contributed by atoms with E-state index in [1.165, 1.54) is 0 Å². The third kappa shape index (κ3) is 4.22. The molecule has 0 aliphatic carbocycles. The lowest BCUT2D eigenvalue weighted by molar-refractivity contribution is -0.164. The van der Waals surface area contributed by atoms with Crippen LogP contribution in [0, 0.1) is 0 Å². The van der Waals surface area contributed by atoms with Gasteiger partial charge in [0, 0.05) is 0 Å². The Morgan fingerprint density at radius 1 is 0.870 bits per heavy atom. The van der Waals surface area contributed by atoms with Crippen molar-refractivity contribution >= 4 is 46.9 Å². The maximum Gasteiger partial charge on any atom is 0.353 e. The molecule has 2 rings (SSSR count). The van der Waals surface area contributed by atoms with E-state index in [1.54, 1.807) is 27.7 Å². The van der Waals surface area contributed by atoms with Crippen LogP contribution in [0.3, 0.4) is 0 Å². The van der Waals surface area contributed by atoms with Crippen molar-refractivity contribution in [3.8, 4) is 0 Å². The molecule has 0 aromatic heterocycles. The first kappa shape index (κ1) is 18.6. The molecule has 9 heteroatoms. The van der Waals surface area contributed by atoms with Crippen LogP contribution >= 0.6 is 35.0 Å². The van der Waals surface area contributed by atoms with E-state index >= 15 is 0 Å². The Bertz CT molecular complexity index is 534. The van der Waals surface area contributed by atoms with E-state index in [2.05, 4.69) is 0 Å². The average molecular weight is 383 g/mol. The number of hydrogen-bond acceptors (Lipinski definition) is 7. The van der Waals surface area contributed by atoms with Gasteiger partial charge in [-0.15, -0.1) is 0 Å². The molecule has 2 atom stereocenters. The van der Waals surface area contributed by atoms with Gasteiger partial charge in [0.2, 0.25) is 12.6 Å². The third-order valence-corrected chi connectivity index (χ3v) is 4.83. The number of rotatable bonds is 6. The summed E-state index contributed by atoms with van der Waals surface area (Å²) >= 11 is 13.0. The third-order valence-electron chi connectivity index (χ3n) is 2.66. The molecular weight excluding hydrogens is 367 g/mol. The van der Waals surface area contributed by atoms with Gasteiger partial charge >= 0.3 is 11.9 Å². The second-order valence-electron chi connectivity index (χ2n) is 5.30. The highest BCUT2D eigenvalue weighted by Crippen LogP contribution is 2.45. The van der Waals surface area contributed by atoms with Crippen LogP contribution < -0.4 is 0 Å². The Morgan fingerprint density at radius 2 is 1.22 bits per heavy atom. The van der Waals surface area contributed by atoms with E-state index in [-0.39, 0.29) is 22.3 Å². The molecular formula is C14H16Cl2O6S. The molecule has 0 fully saturated rings. The summed E-state index contributed by atoms with van der Waals surface area (Å²) in [5.41, 5.74) is 0. The fourth-order valence-electron chi connectivity index (χ4n) is 1.79. The summed E-state index contributed by atoms with van der Waals surface area (Å²) in [6.07, 6.45) is -2.29. The van der Waals surface area contributed by atoms with Crippen LogP contribution in [-0.2, 0) is 28.5 Å². The van der Waals surface area contributed by atoms with Crippen LogP contribution in [0.15, 0.2) is 19.9 Å². The minimum Gasteiger partial charge on any atom is -0.426 e. The Balaban J connectivity index is 2.26. The standard InChI is InChI=1S/C14H16Cl2O6S/c1-5(2)19-13-9(7(15)11(17)21-13)23-10-8(16)12(18)22-14(10)20-6(3)4/h5-6,13-14H,1-4H3. The first-order valence-corrected chi connectivity index (χ1v) is 8.48. The number of thioether (sulfide) groups is 1. The number of ether oxygens (including phenoxy) is 4. The normalized spacial score (nSPS) is 25.0. The molecule has 2 aliphatic rings. The summed E-state index contributed by atoms with van der Waals surface area (Å²) in [6.45, 7) is 7.17. The van der Waals surface area contributed by atoms with E-state index in [0.717, 1.165) is 11.8 Å². The highest BCUT2D eigenvalue weighted by atomic mass is 35.5. The van der Waals surface area contributed by atoms with Crippen LogP contribution in [-0.4, -0.2) is 36.7 Å². The van der Waals surface area contributed by atoms with Crippen molar-refractivity contribution in [3.05, 3.63) is 19.9 Å². The fourth-order valence-corrected chi connectivity index (χ4v) is 3.27. The Labute approximate surface area is 148 Å². The lowest BCUT2D eigenvalue weighted by Crippen LogP contribution is -2.22. The Hall–Kier alpha value is -0.730. The van der Waals surface area contributed by atoms with Gasteiger partial charge in [0.15, 0.2) is 0 Å². The Morgan fingerprint density at radius 3 is 1.52 bits per heavy atom. The van der Waals surface area contributed by atoms with Crippen LogP contribution in [0.25, 0.3) is 0 Å². The summed E-state index contributed by atoms with van der Waals surface area (Å²) in [6, 6.07) is 0. The summed E-state index contributed by atoms with van der Waals surface area (Å²) in [5.74, 6) is -1.38. The molecule has 0 bridgehead atoms. The largest absolute Gasteiger partial charge is 0.426 e. The molecule has 0 saturated carbocycles. The predicted octanol–water partition coefficient (Wildman–Crippen LogP) is 3.24. The zero-order valence-corrected chi connectivity index (χ0v) is 15.3. The Kier molecular flexibility index (Phi) is 6.02. The van der Waals surface area contributed by atoms with E-state index < -0.39 is 24.5 Å². The zero-order valence-electron chi connectivity index (χ0n) is 12.9. The summed E-state index contributed by atoms with van der Waals surface area (Å²) < 4.78 is 21.2. The first-order chi connectivity index (χ1) is 10.7. The van der Waals surface area contributed by atoms with Gasteiger partial charge in [-0.1, -0.05) is 35.0 Å². The van der Waals surface area contributed by atoms with Crippen molar-refractivity contribution in [2.24, 2.45) is 0 Å². The molecule has 128 valence electrons. The monoisotopic (exact) mass is 382 g/mol. The maximum atomic E-state index is 11.7. The van der Waals surface area contributed by atoms with Crippen LogP contribution in [0.1, 0.15) is 27.7 Å². The van der Waals surface area contributed by atoms with Gasteiger partial charge < -0.3 is 18.9 Å². The van der Waals surface area contributed by atoms with Gasteiger partial charge in [-0.2, -0.15) is 0 Å². The topological polar surface area (TPSA) is 71.1 Å². The van der Waals surface area contributed by atoms with Gasteiger partial charge in [-0.25, -0.2) is 9.59 Å². The highest BCUT2D eigenvalue weighted by molar-refractivity contribution is 8.07. The number of carbonyl (C=O) groups excluding carboxylic acids is 2.